The van der Waals surface area contributed by atoms with Gasteiger partial charge in [0.15, 0.2) is 0 Å². The number of hydrogen-bond acceptors (Lipinski definition) is 4. The van der Waals surface area contributed by atoms with Gasteiger partial charge in [-0.2, -0.15) is 13.2 Å². The molecule has 0 aliphatic carbocycles. The molecule has 0 bridgehead atoms. The highest BCUT2D eigenvalue weighted by atomic mass is 19.4. The fraction of sp³-hybridized carbons (Fsp3) is 0.600. The Morgan fingerprint density at radius 3 is 2.76 bits per heavy atom. The molecule has 0 amide bonds. The van der Waals surface area contributed by atoms with Crippen LogP contribution in [0, 0.1) is 0 Å². The Morgan fingerprint density at radius 2 is 2.12 bits per heavy atom. The predicted octanol–water partition coefficient (Wildman–Crippen LogP) is 2.63. The topological polar surface area (TPSA) is 47.0 Å². The molecule has 4 nitrogen and oxygen atoms in total. The Bertz CT molecular complexity index is 344. The summed E-state index contributed by atoms with van der Waals surface area (Å²) >= 11 is 0. The van der Waals surface area contributed by atoms with Crippen molar-refractivity contribution < 1.29 is 17.9 Å². The smallest absolute Gasteiger partial charge is 0.392 e. The van der Waals surface area contributed by atoms with E-state index in [0.717, 1.165) is 13.0 Å². The minimum absolute atomic E-state index is 0.142. The maximum Gasteiger partial charge on any atom is 0.392 e. The van der Waals surface area contributed by atoms with E-state index in [-0.39, 0.29) is 5.88 Å². The average Bonchev–Trinajstić information content (AvgIpc) is 2.25. The van der Waals surface area contributed by atoms with Crippen molar-refractivity contribution in [3.05, 3.63) is 12.4 Å². The van der Waals surface area contributed by atoms with Crippen LogP contribution in [-0.4, -0.2) is 29.3 Å². The zero-order valence-electron chi connectivity index (χ0n) is 9.42. The van der Waals surface area contributed by atoms with E-state index in [1.54, 1.807) is 0 Å². The molecule has 0 radical (unpaired) electrons. The lowest BCUT2D eigenvalue weighted by Gasteiger charge is -2.09. The quantitative estimate of drug-likeness (QED) is 0.841. The lowest BCUT2D eigenvalue weighted by molar-refractivity contribution is -0.139. The average molecular weight is 249 g/mol. The van der Waals surface area contributed by atoms with Crippen LogP contribution in [0.25, 0.3) is 0 Å². The maximum absolute atomic E-state index is 11.9. The minimum Gasteiger partial charge on any atom is -0.477 e. The van der Waals surface area contributed by atoms with Crippen LogP contribution in [-0.2, 0) is 0 Å². The van der Waals surface area contributed by atoms with Crippen LogP contribution in [0.4, 0.5) is 19.0 Å². The number of nitrogens with one attached hydrogen (secondary N) is 1. The van der Waals surface area contributed by atoms with Gasteiger partial charge in [0.2, 0.25) is 5.88 Å². The van der Waals surface area contributed by atoms with Gasteiger partial charge in [-0.25, -0.2) is 9.97 Å². The first-order valence-corrected chi connectivity index (χ1v) is 5.26. The molecule has 7 heteroatoms. The molecule has 1 N–H and O–H groups in total. The summed E-state index contributed by atoms with van der Waals surface area (Å²) in [5.41, 5.74) is 0. The highest BCUT2D eigenvalue weighted by molar-refractivity contribution is 5.36. The summed E-state index contributed by atoms with van der Waals surface area (Å²) in [6.07, 6.45) is -3.03. The summed E-state index contributed by atoms with van der Waals surface area (Å²) < 4.78 is 40.5. The number of alkyl halides is 3. The normalized spacial score (nSPS) is 11.3. The van der Waals surface area contributed by atoms with Gasteiger partial charge in [0.1, 0.15) is 12.1 Å². The van der Waals surface area contributed by atoms with E-state index < -0.39 is 19.2 Å². The van der Waals surface area contributed by atoms with Crippen molar-refractivity contribution in [3.63, 3.8) is 0 Å². The summed E-state index contributed by atoms with van der Waals surface area (Å²) in [4.78, 5) is 7.64. The van der Waals surface area contributed by atoms with Crippen LogP contribution in [0.1, 0.15) is 19.8 Å². The Labute approximate surface area is 97.2 Å². The van der Waals surface area contributed by atoms with E-state index >= 15 is 0 Å². The summed E-state index contributed by atoms with van der Waals surface area (Å²) in [6, 6.07) is 1.48. The SMILES string of the molecule is CCCNc1cc(OCCC(F)(F)F)ncn1. The molecule has 0 spiro atoms. The standard InChI is InChI=1S/C10H14F3N3O/c1-2-4-14-8-6-9(16-7-15-8)17-5-3-10(11,12)13/h6-7H,2-5H2,1H3,(H,14,15,16). The molecule has 0 aliphatic heterocycles. The van der Waals surface area contributed by atoms with Crippen LogP contribution < -0.4 is 10.1 Å². The lowest BCUT2D eigenvalue weighted by atomic mass is 10.4. The molecule has 1 rings (SSSR count). The first-order chi connectivity index (χ1) is 8.01. The zero-order valence-corrected chi connectivity index (χ0v) is 9.42. The van der Waals surface area contributed by atoms with Gasteiger partial charge in [-0.05, 0) is 6.42 Å². The van der Waals surface area contributed by atoms with Gasteiger partial charge in [-0.3, -0.25) is 0 Å². The van der Waals surface area contributed by atoms with Crippen molar-refractivity contribution in [3.8, 4) is 5.88 Å². The Hall–Kier alpha value is -1.53. The van der Waals surface area contributed by atoms with Crippen molar-refractivity contribution >= 4 is 5.82 Å². The second kappa shape index (κ2) is 6.27. The molecule has 0 unspecified atom stereocenters. The molecule has 1 aromatic heterocycles. The van der Waals surface area contributed by atoms with Gasteiger partial charge in [0.25, 0.3) is 0 Å². The van der Waals surface area contributed by atoms with Crippen LogP contribution in [0.2, 0.25) is 0 Å². The molecule has 0 aliphatic rings. The van der Waals surface area contributed by atoms with Crippen LogP contribution >= 0.6 is 0 Å². The van der Waals surface area contributed by atoms with Crippen LogP contribution in [0.3, 0.4) is 0 Å². The van der Waals surface area contributed by atoms with E-state index in [0.29, 0.717) is 5.82 Å². The van der Waals surface area contributed by atoms with Crippen LogP contribution in [0.15, 0.2) is 12.4 Å². The summed E-state index contributed by atoms with van der Waals surface area (Å²) in [5, 5.41) is 2.99. The third-order valence-electron chi connectivity index (χ3n) is 1.83. The van der Waals surface area contributed by atoms with Crippen molar-refractivity contribution in [2.24, 2.45) is 0 Å². The Morgan fingerprint density at radius 1 is 1.35 bits per heavy atom. The second-order valence-corrected chi connectivity index (χ2v) is 3.38. The number of aromatic nitrogens is 2. The molecular weight excluding hydrogens is 235 g/mol. The van der Waals surface area contributed by atoms with Gasteiger partial charge in [-0.15, -0.1) is 0 Å². The largest absolute Gasteiger partial charge is 0.477 e. The number of hydrogen-bond donors (Lipinski definition) is 1. The number of rotatable bonds is 6. The molecule has 1 heterocycles. The lowest BCUT2D eigenvalue weighted by Crippen LogP contribution is -2.13. The van der Waals surface area contributed by atoms with Crippen LogP contribution in [0.5, 0.6) is 5.88 Å². The van der Waals surface area contributed by atoms with E-state index in [4.69, 9.17) is 4.74 Å². The molecule has 0 saturated carbocycles. The third-order valence-corrected chi connectivity index (χ3v) is 1.83. The first-order valence-electron chi connectivity index (χ1n) is 5.26. The Kier molecular flexibility index (Phi) is 4.99. The molecule has 0 atom stereocenters. The van der Waals surface area contributed by atoms with Gasteiger partial charge in [-0.1, -0.05) is 6.92 Å². The zero-order chi connectivity index (χ0) is 12.7. The third kappa shape index (κ3) is 5.94. The molecular formula is C10H14F3N3O. The van der Waals surface area contributed by atoms with E-state index in [1.807, 2.05) is 6.92 Å². The highest BCUT2D eigenvalue weighted by Crippen LogP contribution is 2.20. The summed E-state index contributed by atoms with van der Waals surface area (Å²) in [7, 11) is 0. The fourth-order valence-electron chi connectivity index (χ4n) is 1.04. The molecule has 96 valence electrons. The van der Waals surface area contributed by atoms with Crippen molar-refractivity contribution in [2.45, 2.75) is 25.9 Å². The number of nitrogens with zero attached hydrogens (tertiary/aromatic N) is 2. The maximum atomic E-state index is 11.9. The molecule has 0 saturated heterocycles. The number of halogens is 3. The van der Waals surface area contributed by atoms with Gasteiger partial charge in [0, 0.05) is 12.6 Å². The van der Waals surface area contributed by atoms with E-state index in [1.165, 1.54) is 12.4 Å². The predicted molar refractivity (Wildman–Crippen MR) is 57.0 cm³/mol. The molecule has 1 aromatic rings. The highest BCUT2D eigenvalue weighted by Gasteiger charge is 2.26. The fourth-order valence-corrected chi connectivity index (χ4v) is 1.04. The van der Waals surface area contributed by atoms with Crippen molar-refractivity contribution in [2.75, 3.05) is 18.5 Å². The summed E-state index contributed by atoms with van der Waals surface area (Å²) in [5.74, 6) is 0.687. The first kappa shape index (κ1) is 13.5. The van der Waals surface area contributed by atoms with E-state index in [2.05, 4.69) is 15.3 Å². The monoisotopic (exact) mass is 249 g/mol. The van der Waals surface area contributed by atoms with Gasteiger partial charge >= 0.3 is 6.18 Å². The van der Waals surface area contributed by atoms with Crippen molar-refractivity contribution in [1.82, 2.24) is 9.97 Å². The van der Waals surface area contributed by atoms with E-state index in [9.17, 15) is 13.2 Å². The number of anilines is 1. The summed E-state index contributed by atoms with van der Waals surface area (Å²) in [6.45, 7) is 2.29. The van der Waals surface area contributed by atoms with Gasteiger partial charge in [0.05, 0.1) is 13.0 Å². The van der Waals surface area contributed by atoms with Gasteiger partial charge < -0.3 is 10.1 Å². The number of ether oxygens (including phenoxy) is 1. The minimum atomic E-state index is -4.21. The molecule has 0 fully saturated rings. The molecule has 0 aromatic carbocycles. The van der Waals surface area contributed by atoms with Crippen molar-refractivity contribution in [1.29, 1.82) is 0 Å². The molecule has 17 heavy (non-hydrogen) atoms. The second-order valence-electron chi connectivity index (χ2n) is 3.38. The Balaban J connectivity index is 2.43.